The van der Waals surface area contributed by atoms with E-state index >= 15 is 0 Å². The van der Waals surface area contributed by atoms with Gasteiger partial charge in [0.15, 0.2) is 17.2 Å². The first kappa shape index (κ1) is 31.9. The van der Waals surface area contributed by atoms with Crippen molar-refractivity contribution in [3.05, 3.63) is 34.6 Å². The van der Waals surface area contributed by atoms with Crippen molar-refractivity contribution in [3.63, 3.8) is 0 Å². The monoisotopic (exact) mass is 588 g/mol. The van der Waals surface area contributed by atoms with E-state index in [0.29, 0.717) is 11.3 Å². The second-order valence-corrected chi connectivity index (χ2v) is 12.2. The number of benzene rings is 1. The Labute approximate surface area is 245 Å². The number of likely N-dealkylation sites (N-methyl/N-ethyl adjacent to an activating group) is 1. The summed E-state index contributed by atoms with van der Waals surface area (Å²) < 4.78 is 0. The number of hydrogen-bond donors (Lipinski definition) is 7. The standard InChI is InChI=1S/C30H44N4O8/c1-5-10-34-11-8-16(9-12-34)32-18-7-6-17-15(2)22-24(27(39)23(17)26(18)38)29(41)30(42,20(36)13-21(31)37)25(28(22)40)19(14-35)33(3)4/h6-7,15-16,19,22,25,28,32,35,38,40-42H,5,8-14H2,1-4H3,(H2,31,37)/t15?,19?,22-,25?,28+,30+/m1/s1. The number of ketones is 2. The van der Waals surface area contributed by atoms with Gasteiger partial charge in [-0.05, 0) is 57.5 Å². The molecular weight excluding hydrogens is 544 g/mol. The molecule has 8 N–H and O–H groups in total. The number of phenolic OH excluding ortho intramolecular Hbond substituents is 1. The number of nitrogens with one attached hydrogen (secondary N) is 1. The molecule has 0 aromatic heterocycles. The number of aliphatic hydroxyl groups is 4. The van der Waals surface area contributed by atoms with Crippen LogP contribution in [0.2, 0.25) is 0 Å². The van der Waals surface area contributed by atoms with Crippen molar-refractivity contribution < 1.29 is 39.9 Å². The fourth-order valence-corrected chi connectivity index (χ4v) is 7.19. The molecule has 0 bridgehead atoms. The van der Waals surface area contributed by atoms with Crippen molar-refractivity contribution in [2.45, 2.75) is 69.2 Å². The zero-order chi connectivity index (χ0) is 31.1. The smallest absolute Gasteiger partial charge is 0.225 e. The van der Waals surface area contributed by atoms with Gasteiger partial charge < -0.3 is 46.4 Å². The molecule has 3 unspecified atom stereocenters. The first-order valence-corrected chi connectivity index (χ1v) is 14.6. The molecule has 0 radical (unpaired) electrons. The van der Waals surface area contributed by atoms with Gasteiger partial charge in [-0.25, -0.2) is 0 Å². The Morgan fingerprint density at radius 3 is 2.40 bits per heavy atom. The quantitative estimate of drug-likeness (QED) is 0.148. The Morgan fingerprint density at radius 1 is 1.21 bits per heavy atom. The zero-order valence-electron chi connectivity index (χ0n) is 24.7. The number of anilines is 1. The highest BCUT2D eigenvalue weighted by molar-refractivity contribution is 6.16. The number of phenols is 1. The van der Waals surface area contributed by atoms with Crippen LogP contribution in [0.5, 0.6) is 5.75 Å². The van der Waals surface area contributed by atoms with E-state index in [4.69, 9.17) is 5.73 Å². The highest BCUT2D eigenvalue weighted by Gasteiger charge is 2.63. The zero-order valence-corrected chi connectivity index (χ0v) is 24.7. The number of nitrogens with zero attached hydrogens (tertiary/aromatic N) is 2. The van der Waals surface area contributed by atoms with E-state index in [1.54, 1.807) is 33.2 Å². The van der Waals surface area contributed by atoms with Gasteiger partial charge in [0.25, 0.3) is 0 Å². The predicted octanol–water partition coefficient (Wildman–Crippen LogP) is 0.495. The number of aliphatic hydroxyl groups excluding tert-OH is 3. The van der Waals surface area contributed by atoms with Crippen molar-refractivity contribution in [2.24, 2.45) is 17.6 Å². The van der Waals surface area contributed by atoms with Gasteiger partial charge in [-0.2, -0.15) is 0 Å². The number of carbonyl (C=O) groups is 3. The Balaban J connectivity index is 1.80. The molecule has 4 rings (SSSR count). The van der Waals surface area contributed by atoms with Gasteiger partial charge in [0.05, 0.1) is 30.4 Å². The molecule has 232 valence electrons. The molecule has 1 aromatic carbocycles. The van der Waals surface area contributed by atoms with Gasteiger partial charge in [0, 0.05) is 42.6 Å². The minimum absolute atomic E-state index is 0.0776. The number of primary amides is 1. The lowest BCUT2D eigenvalue weighted by atomic mass is 9.57. The van der Waals surface area contributed by atoms with Gasteiger partial charge in [-0.15, -0.1) is 0 Å². The summed E-state index contributed by atoms with van der Waals surface area (Å²) in [5.41, 5.74) is 2.63. The van der Waals surface area contributed by atoms with Crippen LogP contribution in [-0.2, 0) is 9.59 Å². The SMILES string of the molecule is CCCN1CCC(Nc2ccc3c(c2O)C(=O)C2=C(O)[C@](O)(C(=O)CC(N)=O)C(C(CO)N(C)C)[C@@H](O)[C@@H]2C3C)CC1. The average Bonchev–Trinajstić information content (AvgIpc) is 2.93. The lowest BCUT2D eigenvalue weighted by Crippen LogP contribution is -2.66. The summed E-state index contributed by atoms with van der Waals surface area (Å²) in [4.78, 5) is 42.9. The Kier molecular flexibility index (Phi) is 9.34. The molecule has 1 aromatic rings. The number of hydrogen-bond acceptors (Lipinski definition) is 11. The number of piperidine rings is 1. The summed E-state index contributed by atoms with van der Waals surface area (Å²) in [7, 11) is 3.13. The van der Waals surface area contributed by atoms with Crippen LogP contribution in [0.1, 0.15) is 61.4 Å². The third kappa shape index (κ3) is 5.30. The lowest BCUT2D eigenvalue weighted by molar-refractivity contribution is -0.164. The Morgan fingerprint density at radius 2 is 1.86 bits per heavy atom. The van der Waals surface area contributed by atoms with Crippen LogP contribution in [0.3, 0.4) is 0 Å². The summed E-state index contributed by atoms with van der Waals surface area (Å²) >= 11 is 0. The molecule has 1 heterocycles. The van der Waals surface area contributed by atoms with Crippen LogP contribution in [-0.4, -0.2) is 117 Å². The van der Waals surface area contributed by atoms with E-state index in [9.17, 15) is 39.9 Å². The average molecular weight is 589 g/mol. The van der Waals surface area contributed by atoms with Gasteiger partial charge in [0.2, 0.25) is 5.91 Å². The molecule has 3 aliphatic rings. The molecule has 0 spiro atoms. The lowest BCUT2D eigenvalue weighted by Gasteiger charge is -2.51. The van der Waals surface area contributed by atoms with Crippen molar-refractivity contribution in [3.8, 4) is 5.75 Å². The summed E-state index contributed by atoms with van der Waals surface area (Å²) in [6, 6.07) is 2.43. The van der Waals surface area contributed by atoms with Crippen LogP contribution in [0.15, 0.2) is 23.5 Å². The van der Waals surface area contributed by atoms with Crippen LogP contribution in [0.4, 0.5) is 5.69 Å². The normalized spacial score (nSPS) is 29.3. The maximum absolute atomic E-state index is 14.0. The third-order valence-electron chi connectivity index (χ3n) is 9.39. The number of fused-ring (bicyclic) bond motifs is 2. The maximum Gasteiger partial charge on any atom is 0.225 e. The Hall–Kier alpha value is -3.03. The number of rotatable bonds is 10. The maximum atomic E-state index is 14.0. The first-order chi connectivity index (χ1) is 19.8. The van der Waals surface area contributed by atoms with Gasteiger partial charge >= 0.3 is 0 Å². The van der Waals surface area contributed by atoms with Gasteiger partial charge in [-0.1, -0.05) is 19.9 Å². The topological polar surface area (TPSA) is 197 Å². The summed E-state index contributed by atoms with van der Waals surface area (Å²) in [6.45, 7) is 6.10. The first-order valence-electron chi connectivity index (χ1n) is 14.6. The molecule has 12 heteroatoms. The number of nitrogens with two attached hydrogens (primary N) is 1. The molecule has 2 aliphatic carbocycles. The minimum atomic E-state index is -2.90. The van der Waals surface area contributed by atoms with E-state index in [1.807, 2.05) is 0 Å². The molecule has 12 nitrogen and oxygen atoms in total. The number of amides is 1. The van der Waals surface area contributed by atoms with Crippen LogP contribution in [0.25, 0.3) is 0 Å². The predicted molar refractivity (Wildman–Crippen MR) is 155 cm³/mol. The second kappa shape index (κ2) is 12.3. The summed E-state index contributed by atoms with van der Waals surface area (Å²) in [5, 5.41) is 60.0. The highest BCUT2D eigenvalue weighted by atomic mass is 16.4. The van der Waals surface area contributed by atoms with E-state index in [1.165, 1.54) is 4.90 Å². The molecule has 1 saturated heterocycles. The van der Waals surface area contributed by atoms with Crippen LogP contribution >= 0.6 is 0 Å². The van der Waals surface area contributed by atoms with E-state index < -0.39 is 77.3 Å². The fraction of sp³-hybridized carbons (Fsp3) is 0.633. The Bertz CT molecular complexity index is 1260. The molecule has 1 aliphatic heterocycles. The fourth-order valence-electron chi connectivity index (χ4n) is 7.19. The molecule has 1 amide bonds. The number of likely N-dealkylation sites (tertiary alicyclic amines) is 1. The van der Waals surface area contributed by atoms with Gasteiger partial charge in [-0.3, -0.25) is 14.4 Å². The highest BCUT2D eigenvalue weighted by Crippen LogP contribution is 2.54. The van der Waals surface area contributed by atoms with E-state index in [2.05, 4.69) is 17.1 Å². The van der Waals surface area contributed by atoms with Crippen molar-refractivity contribution in [1.29, 1.82) is 0 Å². The van der Waals surface area contributed by atoms with Crippen LogP contribution < -0.4 is 11.1 Å². The number of aromatic hydroxyl groups is 1. The van der Waals surface area contributed by atoms with E-state index in [0.717, 1.165) is 38.9 Å². The van der Waals surface area contributed by atoms with E-state index in [-0.39, 0.29) is 17.4 Å². The second-order valence-electron chi connectivity index (χ2n) is 12.2. The molecule has 1 fully saturated rings. The van der Waals surface area contributed by atoms with Crippen molar-refractivity contribution in [2.75, 3.05) is 45.7 Å². The minimum Gasteiger partial charge on any atom is -0.508 e. The van der Waals surface area contributed by atoms with Crippen LogP contribution in [0, 0.1) is 11.8 Å². The summed E-state index contributed by atoms with van der Waals surface area (Å²) in [6.07, 6.45) is 0.217. The van der Waals surface area contributed by atoms with Gasteiger partial charge in [0.1, 0.15) is 11.5 Å². The number of carbonyl (C=O) groups excluding carboxylic acids is 3. The van der Waals surface area contributed by atoms with Crippen molar-refractivity contribution >= 4 is 23.2 Å². The number of Topliss-reactive ketones (excluding diaryl/α,β-unsaturated/α-hetero) is 2. The largest absolute Gasteiger partial charge is 0.508 e. The van der Waals surface area contributed by atoms with Crippen molar-refractivity contribution in [1.82, 2.24) is 9.80 Å². The molecule has 42 heavy (non-hydrogen) atoms. The molecule has 6 atom stereocenters. The third-order valence-corrected chi connectivity index (χ3v) is 9.39. The summed E-state index contributed by atoms with van der Waals surface area (Å²) in [5.74, 6) is -7.66. The molecule has 0 saturated carbocycles. The molecular formula is C30H44N4O8.